The number of pyridine rings is 1. The molecule has 7 nitrogen and oxygen atoms in total. The van der Waals surface area contributed by atoms with Crippen LogP contribution in [-0.2, 0) is 4.79 Å². The second-order valence-electron chi connectivity index (χ2n) is 7.77. The summed E-state index contributed by atoms with van der Waals surface area (Å²) in [7, 11) is 3.17. The molecule has 0 aliphatic rings. The van der Waals surface area contributed by atoms with Crippen LogP contribution >= 0.6 is 0 Å². The lowest BCUT2D eigenvalue weighted by atomic mass is 10.1. The van der Waals surface area contributed by atoms with Gasteiger partial charge in [0, 0.05) is 23.3 Å². The molecule has 0 saturated heterocycles. The van der Waals surface area contributed by atoms with Crippen molar-refractivity contribution in [2.45, 2.75) is 13.8 Å². The lowest BCUT2D eigenvalue weighted by molar-refractivity contribution is -0.118. The van der Waals surface area contributed by atoms with Crippen molar-refractivity contribution in [2.75, 3.05) is 26.1 Å². The van der Waals surface area contributed by atoms with Crippen molar-refractivity contribution in [3.8, 4) is 28.7 Å². The summed E-state index contributed by atoms with van der Waals surface area (Å²) in [5.41, 5.74) is 3.32. The van der Waals surface area contributed by atoms with Gasteiger partial charge in [0.25, 0.3) is 5.91 Å². The molecule has 0 aliphatic heterocycles. The Hall–Kier alpha value is -4.26. The predicted octanol–water partition coefficient (Wildman–Crippen LogP) is 5.68. The fraction of sp³-hybridized carbons (Fsp3) is 0.185. The Kier molecular flexibility index (Phi) is 6.82. The number of methoxy groups -OCH3 is 2. The first-order valence-corrected chi connectivity index (χ1v) is 10.8. The van der Waals surface area contributed by atoms with Gasteiger partial charge in [0.15, 0.2) is 18.1 Å². The third kappa shape index (κ3) is 5.20. The molecule has 0 bridgehead atoms. The minimum Gasteiger partial charge on any atom is -0.493 e. The lowest BCUT2D eigenvalue weighted by Crippen LogP contribution is -2.20. The number of hydrogen-bond donors (Lipinski definition) is 1. The summed E-state index contributed by atoms with van der Waals surface area (Å²) in [4.78, 5) is 16.7. The van der Waals surface area contributed by atoms with E-state index in [1.54, 1.807) is 32.5 Å². The number of nitrogens with zero attached hydrogens (tertiary/aromatic N) is 1. The van der Waals surface area contributed by atoms with Crippen LogP contribution < -0.4 is 24.3 Å². The molecule has 0 radical (unpaired) electrons. The Balaban J connectivity index is 1.47. The highest BCUT2D eigenvalue weighted by Gasteiger charge is 2.13. The number of anilines is 1. The average Bonchev–Trinajstić information content (AvgIpc) is 2.83. The van der Waals surface area contributed by atoms with E-state index in [1.807, 2.05) is 62.4 Å². The first kappa shape index (κ1) is 22.9. The van der Waals surface area contributed by atoms with Crippen molar-refractivity contribution in [3.05, 3.63) is 78.0 Å². The van der Waals surface area contributed by atoms with Crippen molar-refractivity contribution in [1.29, 1.82) is 0 Å². The molecule has 4 aromatic rings. The van der Waals surface area contributed by atoms with E-state index in [1.165, 1.54) is 0 Å². The number of nitrogens with one attached hydrogen (secondary N) is 1. The van der Waals surface area contributed by atoms with Gasteiger partial charge in [-0.25, -0.2) is 0 Å². The Labute approximate surface area is 198 Å². The van der Waals surface area contributed by atoms with Crippen molar-refractivity contribution >= 4 is 22.5 Å². The zero-order chi connectivity index (χ0) is 24.1. The van der Waals surface area contributed by atoms with E-state index in [-0.39, 0.29) is 12.5 Å². The first-order valence-electron chi connectivity index (χ1n) is 10.8. The number of hydrogen-bond acceptors (Lipinski definition) is 6. The summed E-state index contributed by atoms with van der Waals surface area (Å²) in [6.45, 7) is 3.82. The molecule has 1 heterocycles. The summed E-state index contributed by atoms with van der Waals surface area (Å²) >= 11 is 0. The number of fused-ring (bicyclic) bond motifs is 1. The standard InChI is InChI=1S/C27H26N2O5/c1-17-6-5-7-20(12-17)33-16-27(30)29-19-8-9-23(18(2)13-19)34-24-10-11-28-22-15-26(32-4)25(31-3)14-21(22)24/h5-15H,16H2,1-4H3,(H,29,30). The van der Waals surface area contributed by atoms with Gasteiger partial charge in [-0.05, 0) is 67.4 Å². The monoisotopic (exact) mass is 458 g/mol. The van der Waals surface area contributed by atoms with E-state index in [0.29, 0.717) is 34.4 Å². The molecule has 0 atom stereocenters. The minimum atomic E-state index is -0.240. The zero-order valence-electron chi connectivity index (χ0n) is 19.5. The summed E-state index contributed by atoms with van der Waals surface area (Å²) in [5.74, 6) is 2.91. The maximum atomic E-state index is 12.3. The second kappa shape index (κ2) is 10.1. The molecular weight excluding hydrogens is 432 g/mol. The van der Waals surface area contributed by atoms with Gasteiger partial charge >= 0.3 is 0 Å². The van der Waals surface area contributed by atoms with Gasteiger partial charge in [0.05, 0.1) is 19.7 Å². The van der Waals surface area contributed by atoms with E-state index in [0.717, 1.165) is 22.0 Å². The van der Waals surface area contributed by atoms with Crippen LogP contribution in [0.25, 0.3) is 10.9 Å². The molecule has 1 amide bonds. The fourth-order valence-electron chi connectivity index (χ4n) is 3.55. The Morgan fingerprint density at radius 3 is 2.41 bits per heavy atom. The van der Waals surface area contributed by atoms with Crippen molar-refractivity contribution in [3.63, 3.8) is 0 Å². The number of carbonyl (C=O) groups excluding carboxylic acids is 1. The number of ether oxygens (including phenoxy) is 4. The number of aromatic nitrogens is 1. The third-order valence-corrected chi connectivity index (χ3v) is 5.24. The molecule has 4 rings (SSSR count). The van der Waals surface area contributed by atoms with Gasteiger partial charge in [0.2, 0.25) is 0 Å². The van der Waals surface area contributed by atoms with Crippen LogP contribution in [0.5, 0.6) is 28.7 Å². The lowest BCUT2D eigenvalue weighted by Gasteiger charge is -2.14. The fourth-order valence-corrected chi connectivity index (χ4v) is 3.55. The number of benzene rings is 3. The molecule has 1 N–H and O–H groups in total. The molecule has 34 heavy (non-hydrogen) atoms. The van der Waals surface area contributed by atoms with Crippen LogP contribution in [0.15, 0.2) is 66.9 Å². The topological polar surface area (TPSA) is 78.9 Å². The molecular formula is C27H26N2O5. The smallest absolute Gasteiger partial charge is 0.262 e. The average molecular weight is 459 g/mol. The summed E-state index contributed by atoms with van der Waals surface area (Å²) in [6, 6.07) is 18.5. The predicted molar refractivity (Wildman–Crippen MR) is 131 cm³/mol. The quantitative estimate of drug-likeness (QED) is 0.366. The van der Waals surface area contributed by atoms with Gasteiger partial charge in [-0.3, -0.25) is 9.78 Å². The summed E-state index contributed by atoms with van der Waals surface area (Å²) < 4.78 is 22.6. The van der Waals surface area contributed by atoms with Gasteiger partial charge in [0.1, 0.15) is 17.2 Å². The Bertz CT molecular complexity index is 1340. The first-order chi connectivity index (χ1) is 16.5. The number of rotatable bonds is 8. The number of carbonyl (C=O) groups is 1. The van der Waals surface area contributed by atoms with Crippen molar-refractivity contribution in [1.82, 2.24) is 4.98 Å². The van der Waals surface area contributed by atoms with E-state index in [2.05, 4.69) is 10.3 Å². The van der Waals surface area contributed by atoms with Crippen molar-refractivity contribution < 1.29 is 23.7 Å². The third-order valence-electron chi connectivity index (χ3n) is 5.24. The van der Waals surface area contributed by atoms with E-state index < -0.39 is 0 Å². The molecule has 174 valence electrons. The number of amides is 1. The normalized spacial score (nSPS) is 10.6. The van der Waals surface area contributed by atoms with E-state index in [4.69, 9.17) is 18.9 Å². The largest absolute Gasteiger partial charge is 0.493 e. The van der Waals surface area contributed by atoms with Gasteiger partial charge in [-0.15, -0.1) is 0 Å². The summed E-state index contributed by atoms with van der Waals surface area (Å²) in [6.07, 6.45) is 1.68. The molecule has 0 unspecified atom stereocenters. The molecule has 0 spiro atoms. The maximum absolute atomic E-state index is 12.3. The zero-order valence-corrected chi connectivity index (χ0v) is 19.5. The van der Waals surface area contributed by atoms with Crippen LogP contribution in [0.2, 0.25) is 0 Å². The molecule has 0 aliphatic carbocycles. The van der Waals surface area contributed by atoms with Crippen molar-refractivity contribution in [2.24, 2.45) is 0 Å². The molecule has 0 fully saturated rings. The van der Waals surface area contributed by atoms with E-state index in [9.17, 15) is 4.79 Å². The number of aryl methyl sites for hydroxylation is 2. The van der Waals surface area contributed by atoms with Crippen LogP contribution in [0.3, 0.4) is 0 Å². The Morgan fingerprint density at radius 2 is 1.68 bits per heavy atom. The highest BCUT2D eigenvalue weighted by Crippen LogP contribution is 2.37. The highest BCUT2D eigenvalue weighted by atomic mass is 16.5. The molecule has 0 saturated carbocycles. The molecule has 1 aromatic heterocycles. The second-order valence-corrected chi connectivity index (χ2v) is 7.77. The summed E-state index contributed by atoms with van der Waals surface area (Å²) in [5, 5.41) is 3.65. The van der Waals surface area contributed by atoms with Gasteiger partial charge in [-0.2, -0.15) is 0 Å². The minimum absolute atomic E-state index is 0.0744. The maximum Gasteiger partial charge on any atom is 0.262 e. The van der Waals surface area contributed by atoms with Crippen LogP contribution in [-0.4, -0.2) is 31.7 Å². The highest BCUT2D eigenvalue weighted by molar-refractivity contribution is 5.92. The van der Waals surface area contributed by atoms with Crippen LogP contribution in [0.4, 0.5) is 5.69 Å². The Morgan fingerprint density at radius 1 is 0.882 bits per heavy atom. The van der Waals surface area contributed by atoms with E-state index >= 15 is 0 Å². The van der Waals surface area contributed by atoms with Crippen LogP contribution in [0, 0.1) is 13.8 Å². The molecule has 3 aromatic carbocycles. The molecule has 7 heteroatoms. The van der Waals surface area contributed by atoms with Gasteiger partial charge in [-0.1, -0.05) is 12.1 Å². The van der Waals surface area contributed by atoms with Crippen LogP contribution in [0.1, 0.15) is 11.1 Å². The van der Waals surface area contributed by atoms with Gasteiger partial charge < -0.3 is 24.3 Å². The SMILES string of the molecule is COc1cc2nccc(Oc3ccc(NC(=O)COc4cccc(C)c4)cc3C)c2cc1OC.